The van der Waals surface area contributed by atoms with Crippen LogP contribution in [0.5, 0.6) is 0 Å². The first kappa shape index (κ1) is 11.9. The molecule has 1 aliphatic heterocycles. The molecule has 104 valence electrons. The lowest BCUT2D eigenvalue weighted by Gasteiger charge is -2.30. The number of rotatable bonds is 3. The number of aromatic nitrogens is 2. The third-order valence-corrected chi connectivity index (χ3v) is 4.20. The maximum Gasteiger partial charge on any atom is 0.246 e. The Morgan fingerprint density at radius 3 is 3.10 bits per heavy atom. The Labute approximate surface area is 118 Å². The lowest BCUT2D eigenvalue weighted by molar-refractivity contribution is 0.370. The van der Waals surface area contributed by atoms with Gasteiger partial charge in [0.15, 0.2) is 5.82 Å². The van der Waals surface area contributed by atoms with Gasteiger partial charge in [0.2, 0.25) is 5.89 Å². The Morgan fingerprint density at radius 2 is 2.25 bits per heavy atom. The molecule has 1 saturated carbocycles. The van der Waals surface area contributed by atoms with Crippen LogP contribution in [-0.2, 0) is 13.0 Å². The summed E-state index contributed by atoms with van der Waals surface area (Å²) in [5.41, 5.74) is 4.10. The van der Waals surface area contributed by atoms with Crippen LogP contribution in [-0.4, -0.2) is 16.7 Å². The number of fused-ring (bicyclic) bond motifs is 1. The summed E-state index contributed by atoms with van der Waals surface area (Å²) in [5, 5.41) is 4.10. The van der Waals surface area contributed by atoms with Crippen molar-refractivity contribution < 1.29 is 4.52 Å². The molecule has 4 heteroatoms. The van der Waals surface area contributed by atoms with E-state index in [9.17, 15) is 0 Å². The van der Waals surface area contributed by atoms with Crippen molar-refractivity contribution in [3.05, 3.63) is 41.0 Å². The zero-order valence-corrected chi connectivity index (χ0v) is 11.8. The molecular formula is C16H19N3O. The first-order valence-electron chi connectivity index (χ1n) is 7.46. The van der Waals surface area contributed by atoms with E-state index in [1.54, 1.807) is 0 Å². The van der Waals surface area contributed by atoms with Crippen molar-refractivity contribution >= 4 is 5.69 Å². The minimum absolute atomic E-state index is 0.559. The van der Waals surface area contributed by atoms with Crippen LogP contribution in [0.1, 0.15) is 48.0 Å². The van der Waals surface area contributed by atoms with Gasteiger partial charge < -0.3 is 9.42 Å². The highest BCUT2D eigenvalue weighted by atomic mass is 16.5. The van der Waals surface area contributed by atoms with Crippen LogP contribution in [0, 0.1) is 6.92 Å². The maximum atomic E-state index is 5.40. The van der Waals surface area contributed by atoms with Gasteiger partial charge in [0.1, 0.15) is 0 Å². The molecule has 0 atom stereocenters. The smallest absolute Gasteiger partial charge is 0.246 e. The maximum absolute atomic E-state index is 5.40. The van der Waals surface area contributed by atoms with Gasteiger partial charge >= 0.3 is 0 Å². The minimum Gasteiger partial charge on any atom is -0.362 e. The van der Waals surface area contributed by atoms with Gasteiger partial charge in [-0.25, -0.2) is 0 Å². The van der Waals surface area contributed by atoms with E-state index in [1.165, 1.54) is 42.5 Å². The van der Waals surface area contributed by atoms with Crippen molar-refractivity contribution in [3.63, 3.8) is 0 Å². The van der Waals surface area contributed by atoms with Crippen LogP contribution in [0.2, 0.25) is 0 Å². The van der Waals surface area contributed by atoms with E-state index in [1.807, 2.05) is 0 Å². The number of hydrogen-bond donors (Lipinski definition) is 0. The van der Waals surface area contributed by atoms with Crippen molar-refractivity contribution in [1.82, 2.24) is 10.1 Å². The summed E-state index contributed by atoms with van der Waals surface area (Å²) in [7, 11) is 0. The minimum atomic E-state index is 0.559. The predicted molar refractivity (Wildman–Crippen MR) is 76.8 cm³/mol. The Kier molecular flexibility index (Phi) is 2.76. The SMILES string of the molecule is Cc1ccc2c(c1)CCCN2Cc1nc(C2CC2)no1. The molecule has 4 nitrogen and oxygen atoms in total. The molecule has 0 spiro atoms. The topological polar surface area (TPSA) is 42.2 Å². The Bertz CT molecular complexity index is 630. The summed E-state index contributed by atoms with van der Waals surface area (Å²) in [6.07, 6.45) is 4.79. The number of benzene rings is 1. The van der Waals surface area contributed by atoms with E-state index in [0.717, 1.165) is 24.8 Å². The largest absolute Gasteiger partial charge is 0.362 e. The fourth-order valence-electron chi connectivity index (χ4n) is 2.97. The fourth-order valence-corrected chi connectivity index (χ4v) is 2.97. The summed E-state index contributed by atoms with van der Waals surface area (Å²) >= 11 is 0. The second-order valence-electron chi connectivity index (χ2n) is 5.98. The zero-order valence-electron chi connectivity index (χ0n) is 11.8. The summed E-state index contributed by atoms with van der Waals surface area (Å²) in [5.74, 6) is 2.21. The monoisotopic (exact) mass is 269 g/mol. The average molecular weight is 269 g/mol. The van der Waals surface area contributed by atoms with Crippen LogP contribution >= 0.6 is 0 Å². The normalized spacial score (nSPS) is 18.1. The van der Waals surface area contributed by atoms with Gasteiger partial charge in [-0.05, 0) is 44.2 Å². The molecule has 2 aromatic rings. The molecule has 0 unspecified atom stereocenters. The molecule has 0 radical (unpaired) electrons. The molecule has 4 rings (SSSR count). The average Bonchev–Trinajstić information content (AvgIpc) is 3.19. The first-order valence-corrected chi connectivity index (χ1v) is 7.46. The summed E-state index contributed by atoms with van der Waals surface area (Å²) in [6, 6.07) is 6.70. The number of hydrogen-bond acceptors (Lipinski definition) is 4. The van der Waals surface area contributed by atoms with Gasteiger partial charge in [-0.15, -0.1) is 0 Å². The second-order valence-corrected chi connectivity index (χ2v) is 5.98. The van der Waals surface area contributed by atoms with Crippen molar-refractivity contribution in [2.75, 3.05) is 11.4 Å². The summed E-state index contributed by atoms with van der Waals surface area (Å²) < 4.78 is 5.40. The van der Waals surface area contributed by atoms with Crippen molar-refractivity contribution in [2.45, 2.75) is 45.1 Å². The van der Waals surface area contributed by atoms with E-state index >= 15 is 0 Å². The standard InChI is InChI=1S/C16H19N3O/c1-11-4-7-14-13(9-11)3-2-8-19(14)10-15-17-16(18-20-15)12-5-6-12/h4,7,9,12H,2-3,5-6,8,10H2,1H3. The molecule has 1 fully saturated rings. The molecular weight excluding hydrogens is 250 g/mol. The van der Waals surface area contributed by atoms with Gasteiger partial charge in [-0.3, -0.25) is 0 Å². The van der Waals surface area contributed by atoms with Gasteiger partial charge in [-0.2, -0.15) is 4.98 Å². The molecule has 1 aliphatic carbocycles. The highest BCUT2D eigenvalue weighted by Gasteiger charge is 2.29. The Morgan fingerprint density at radius 1 is 1.35 bits per heavy atom. The molecule has 2 heterocycles. The van der Waals surface area contributed by atoms with Crippen molar-refractivity contribution in [2.24, 2.45) is 0 Å². The van der Waals surface area contributed by atoms with Crippen LogP contribution in [0.25, 0.3) is 0 Å². The second kappa shape index (κ2) is 4.62. The summed E-state index contributed by atoms with van der Waals surface area (Å²) in [4.78, 5) is 6.90. The van der Waals surface area contributed by atoms with Crippen LogP contribution in [0.3, 0.4) is 0 Å². The third kappa shape index (κ3) is 2.19. The van der Waals surface area contributed by atoms with Crippen LogP contribution < -0.4 is 4.90 Å². The van der Waals surface area contributed by atoms with Crippen molar-refractivity contribution in [1.29, 1.82) is 0 Å². The van der Waals surface area contributed by atoms with Crippen LogP contribution in [0.15, 0.2) is 22.7 Å². The first-order chi connectivity index (χ1) is 9.79. The zero-order chi connectivity index (χ0) is 13.5. The van der Waals surface area contributed by atoms with E-state index in [-0.39, 0.29) is 0 Å². The highest BCUT2D eigenvalue weighted by molar-refractivity contribution is 5.56. The lowest BCUT2D eigenvalue weighted by atomic mass is 10.00. The molecule has 1 aromatic carbocycles. The van der Waals surface area contributed by atoms with E-state index in [2.05, 4.69) is 40.2 Å². The molecule has 20 heavy (non-hydrogen) atoms. The van der Waals surface area contributed by atoms with E-state index in [4.69, 9.17) is 4.52 Å². The highest BCUT2D eigenvalue weighted by Crippen LogP contribution is 2.38. The van der Waals surface area contributed by atoms with E-state index in [0.29, 0.717) is 5.92 Å². The van der Waals surface area contributed by atoms with Gasteiger partial charge in [0, 0.05) is 18.2 Å². The molecule has 0 bridgehead atoms. The predicted octanol–water partition coefficient (Wildman–Crippen LogP) is 3.21. The molecule has 0 amide bonds. The molecule has 0 N–H and O–H groups in total. The van der Waals surface area contributed by atoms with E-state index < -0.39 is 0 Å². The third-order valence-electron chi connectivity index (χ3n) is 4.20. The molecule has 0 saturated heterocycles. The fraction of sp³-hybridized carbons (Fsp3) is 0.500. The number of nitrogens with zero attached hydrogens (tertiary/aromatic N) is 3. The van der Waals surface area contributed by atoms with Gasteiger partial charge in [0.25, 0.3) is 0 Å². The Hall–Kier alpha value is -1.84. The van der Waals surface area contributed by atoms with Crippen LogP contribution in [0.4, 0.5) is 5.69 Å². The number of anilines is 1. The summed E-state index contributed by atoms with van der Waals surface area (Å²) in [6.45, 7) is 3.95. The quantitative estimate of drug-likeness (QED) is 0.858. The lowest BCUT2D eigenvalue weighted by Crippen LogP contribution is -2.29. The Balaban J connectivity index is 1.56. The van der Waals surface area contributed by atoms with Crippen molar-refractivity contribution in [3.8, 4) is 0 Å². The van der Waals surface area contributed by atoms with Gasteiger partial charge in [-0.1, -0.05) is 22.9 Å². The van der Waals surface area contributed by atoms with Gasteiger partial charge in [0.05, 0.1) is 6.54 Å². The number of aryl methyl sites for hydroxylation is 2. The molecule has 1 aromatic heterocycles. The molecule has 2 aliphatic rings.